The van der Waals surface area contributed by atoms with E-state index in [2.05, 4.69) is 25.0 Å². The van der Waals surface area contributed by atoms with Crippen molar-refractivity contribution in [2.45, 2.75) is 43.9 Å². The molecule has 0 bridgehead atoms. The van der Waals surface area contributed by atoms with Gasteiger partial charge in [0.2, 0.25) is 16.0 Å². The molecule has 3 heterocycles. The molecule has 0 radical (unpaired) electrons. The Labute approximate surface area is 180 Å². The van der Waals surface area contributed by atoms with Crippen molar-refractivity contribution in [1.29, 1.82) is 0 Å². The third-order valence-electron chi connectivity index (χ3n) is 5.40. The minimum absolute atomic E-state index is 0.0616. The number of allylic oxidation sites excluding steroid dienone is 1. The molecule has 2 fully saturated rings. The number of halogens is 1. The van der Waals surface area contributed by atoms with Crippen LogP contribution in [0.15, 0.2) is 23.2 Å². The number of nitrogens with zero attached hydrogens (tertiary/aromatic N) is 4. The number of sulfonamides is 1. The lowest BCUT2D eigenvalue weighted by Crippen LogP contribution is -2.67. The second kappa shape index (κ2) is 8.39. The smallest absolute Gasteiger partial charge is 0.303 e. The molecule has 1 aromatic heterocycles. The van der Waals surface area contributed by atoms with Crippen LogP contribution in [0.2, 0.25) is 0 Å². The standard InChI is InChI=1S/C18H26FN7O4S/c1-11-10-29-4-3-26(11)18(30-14-5-13(6-14)25-31(2,27)28)23-9-15(19)16(24-18)12-7-21-17(20)22-8-12/h7-9,11,13-14,24-25H,3-6,10H2,1-2H3,(H2,20,21,22)/t11-,13?,14?,18?/m0/s1. The molecule has 3 aliphatic rings. The van der Waals surface area contributed by atoms with Gasteiger partial charge in [0.15, 0.2) is 5.83 Å². The highest BCUT2D eigenvalue weighted by atomic mass is 32.2. The van der Waals surface area contributed by atoms with Crippen LogP contribution in [0.4, 0.5) is 10.3 Å². The Kier molecular flexibility index (Phi) is 5.96. The van der Waals surface area contributed by atoms with E-state index in [-0.39, 0.29) is 29.8 Å². The van der Waals surface area contributed by atoms with Crippen LogP contribution in [0.3, 0.4) is 0 Å². The summed E-state index contributed by atoms with van der Waals surface area (Å²) >= 11 is 0. The van der Waals surface area contributed by atoms with Crippen LogP contribution in [0, 0.1) is 0 Å². The summed E-state index contributed by atoms with van der Waals surface area (Å²) in [6.45, 7) is 3.42. The highest BCUT2D eigenvalue weighted by Crippen LogP contribution is 2.35. The number of hydrogen-bond donors (Lipinski definition) is 3. The topological polar surface area (TPSA) is 144 Å². The Balaban J connectivity index is 1.58. The summed E-state index contributed by atoms with van der Waals surface area (Å²) in [5.74, 6) is -1.88. The number of nitrogens with two attached hydrogens (primary N) is 1. The molecule has 0 spiro atoms. The van der Waals surface area contributed by atoms with E-state index in [1.165, 1.54) is 12.4 Å². The summed E-state index contributed by atoms with van der Waals surface area (Å²) in [4.78, 5) is 14.2. The Bertz CT molecular complexity index is 981. The number of aliphatic imine (C=N–C) groups is 1. The number of aromatic nitrogens is 2. The molecule has 1 aromatic rings. The van der Waals surface area contributed by atoms with Gasteiger partial charge in [-0.1, -0.05) is 0 Å². The summed E-state index contributed by atoms with van der Waals surface area (Å²) in [6.07, 6.45) is 5.78. The highest BCUT2D eigenvalue weighted by Gasteiger charge is 2.48. The van der Waals surface area contributed by atoms with Gasteiger partial charge in [0.05, 0.1) is 37.5 Å². The van der Waals surface area contributed by atoms with Crippen molar-refractivity contribution in [3.05, 3.63) is 23.8 Å². The number of nitrogens with one attached hydrogen (secondary N) is 2. The first-order valence-electron chi connectivity index (χ1n) is 9.96. The fraction of sp³-hybridized carbons (Fsp3) is 0.611. The minimum Gasteiger partial charge on any atom is -0.378 e. The zero-order valence-electron chi connectivity index (χ0n) is 17.3. The largest absolute Gasteiger partial charge is 0.378 e. The maximum atomic E-state index is 14.7. The van der Waals surface area contributed by atoms with Gasteiger partial charge in [-0.05, 0) is 19.8 Å². The molecule has 0 aromatic carbocycles. The molecular weight excluding hydrogens is 429 g/mol. The molecule has 4 N–H and O–H groups in total. The number of rotatable bonds is 6. The number of nitrogen functional groups attached to an aromatic ring is 1. The van der Waals surface area contributed by atoms with Gasteiger partial charge in [-0.3, -0.25) is 0 Å². The van der Waals surface area contributed by atoms with Crippen molar-refractivity contribution in [1.82, 2.24) is 24.9 Å². The molecule has 2 atom stereocenters. The average molecular weight is 456 g/mol. The molecule has 1 unspecified atom stereocenters. The lowest BCUT2D eigenvalue weighted by Gasteiger charge is -2.50. The lowest BCUT2D eigenvalue weighted by atomic mass is 9.90. The van der Waals surface area contributed by atoms with Gasteiger partial charge in [-0.2, -0.15) is 0 Å². The molecule has 31 heavy (non-hydrogen) atoms. The zero-order valence-corrected chi connectivity index (χ0v) is 18.1. The van der Waals surface area contributed by atoms with E-state index in [9.17, 15) is 12.8 Å². The Morgan fingerprint density at radius 3 is 2.74 bits per heavy atom. The van der Waals surface area contributed by atoms with Crippen molar-refractivity contribution in [2.75, 3.05) is 31.7 Å². The molecule has 2 aliphatic heterocycles. The van der Waals surface area contributed by atoms with E-state index in [0.717, 1.165) is 12.5 Å². The molecule has 11 nitrogen and oxygen atoms in total. The van der Waals surface area contributed by atoms with E-state index >= 15 is 0 Å². The molecule has 1 aliphatic carbocycles. The SMILES string of the molecule is C[C@H]1COCCN1C1(OC2CC(NS(C)(=O)=O)C2)N=CC(F)=C(c2cnc(N)nc2)N1. The van der Waals surface area contributed by atoms with Crippen LogP contribution in [-0.4, -0.2) is 79.7 Å². The van der Waals surface area contributed by atoms with Crippen LogP contribution in [-0.2, 0) is 19.5 Å². The zero-order chi connectivity index (χ0) is 22.2. The predicted molar refractivity (Wildman–Crippen MR) is 112 cm³/mol. The number of hydrogen-bond acceptors (Lipinski definition) is 10. The maximum Gasteiger partial charge on any atom is 0.303 e. The van der Waals surface area contributed by atoms with Gasteiger partial charge in [-0.15, -0.1) is 0 Å². The van der Waals surface area contributed by atoms with Crippen LogP contribution in [0.25, 0.3) is 5.70 Å². The molecular formula is C18H26FN7O4S. The van der Waals surface area contributed by atoms with Crippen LogP contribution >= 0.6 is 0 Å². The van der Waals surface area contributed by atoms with Crippen LogP contribution in [0.5, 0.6) is 0 Å². The van der Waals surface area contributed by atoms with Gasteiger partial charge in [0.25, 0.3) is 0 Å². The summed E-state index contributed by atoms with van der Waals surface area (Å²) < 4.78 is 52.1. The van der Waals surface area contributed by atoms with Crippen molar-refractivity contribution < 1.29 is 22.3 Å². The van der Waals surface area contributed by atoms with Crippen LogP contribution in [0.1, 0.15) is 25.3 Å². The van der Waals surface area contributed by atoms with E-state index in [0.29, 0.717) is 38.2 Å². The van der Waals surface area contributed by atoms with E-state index < -0.39 is 21.8 Å². The highest BCUT2D eigenvalue weighted by molar-refractivity contribution is 7.88. The summed E-state index contributed by atoms with van der Waals surface area (Å²) in [5.41, 5.74) is 6.09. The minimum atomic E-state index is -3.30. The Morgan fingerprint density at radius 2 is 2.10 bits per heavy atom. The molecule has 1 saturated carbocycles. The fourth-order valence-corrected chi connectivity index (χ4v) is 4.68. The van der Waals surface area contributed by atoms with Gasteiger partial charge in [0, 0.05) is 36.6 Å². The quantitative estimate of drug-likeness (QED) is 0.531. The second-order valence-electron chi connectivity index (χ2n) is 7.96. The molecule has 1 saturated heterocycles. The van der Waals surface area contributed by atoms with Gasteiger partial charge in [0.1, 0.15) is 0 Å². The third kappa shape index (κ3) is 4.85. The van der Waals surface area contributed by atoms with Gasteiger partial charge < -0.3 is 20.5 Å². The monoisotopic (exact) mass is 455 g/mol. The first kappa shape index (κ1) is 22.0. The Morgan fingerprint density at radius 1 is 1.39 bits per heavy atom. The number of anilines is 1. The van der Waals surface area contributed by atoms with Crippen molar-refractivity contribution in [3.63, 3.8) is 0 Å². The molecule has 4 rings (SSSR count). The summed E-state index contributed by atoms with van der Waals surface area (Å²) in [6, 6.07) is -0.266. The lowest BCUT2D eigenvalue weighted by molar-refractivity contribution is -0.238. The fourth-order valence-electron chi connectivity index (χ4n) is 3.88. The first-order valence-corrected chi connectivity index (χ1v) is 11.8. The second-order valence-corrected chi connectivity index (χ2v) is 9.74. The predicted octanol–water partition coefficient (Wildman–Crippen LogP) is -0.200. The number of ether oxygens (including phenoxy) is 2. The summed E-state index contributed by atoms with van der Waals surface area (Å²) in [7, 11) is -3.30. The number of morpholine rings is 1. The Hall–Kier alpha value is -2.19. The molecule has 170 valence electrons. The maximum absolute atomic E-state index is 14.7. The third-order valence-corrected chi connectivity index (χ3v) is 6.17. The average Bonchev–Trinajstić information content (AvgIpc) is 2.68. The van der Waals surface area contributed by atoms with Crippen LogP contribution < -0.4 is 15.8 Å². The van der Waals surface area contributed by atoms with E-state index in [4.69, 9.17) is 15.2 Å². The van der Waals surface area contributed by atoms with Crippen molar-refractivity contribution in [2.24, 2.45) is 4.99 Å². The van der Waals surface area contributed by atoms with E-state index in [1.807, 2.05) is 11.8 Å². The van der Waals surface area contributed by atoms with Crippen molar-refractivity contribution >= 4 is 27.9 Å². The van der Waals surface area contributed by atoms with Gasteiger partial charge in [-0.25, -0.2) is 37.4 Å². The van der Waals surface area contributed by atoms with Gasteiger partial charge >= 0.3 is 5.97 Å². The van der Waals surface area contributed by atoms with Crippen molar-refractivity contribution in [3.8, 4) is 0 Å². The normalized spacial score (nSPS) is 31.9. The van der Waals surface area contributed by atoms with E-state index in [1.54, 1.807) is 0 Å². The summed E-state index contributed by atoms with van der Waals surface area (Å²) in [5, 5.41) is 3.11. The molecule has 13 heteroatoms. The first-order chi connectivity index (χ1) is 14.7. The molecule has 0 amide bonds.